The number of phosphoric acid groups is 1. The first-order valence-electron chi connectivity index (χ1n) is 46.4. The van der Waals surface area contributed by atoms with E-state index in [0.717, 1.165) is 148 Å². The largest absolute Gasteiger partial charge is 0.472 e. The van der Waals surface area contributed by atoms with Gasteiger partial charge in [0.05, 0.1) is 13.2 Å². The van der Waals surface area contributed by atoms with Gasteiger partial charge in [-0.05, 0) is 51.4 Å². The molecular weight excluding hydrogens is 1500 g/mol. The molecule has 0 bridgehead atoms. The zero-order valence-electron chi connectivity index (χ0n) is 71.9. The summed E-state index contributed by atoms with van der Waals surface area (Å²) in [7, 11) is -5.80. The van der Waals surface area contributed by atoms with Gasteiger partial charge in [-0.15, -0.1) is 0 Å². The molecule has 0 amide bonds. The van der Waals surface area contributed by atoms with Crippen LogP contribution in [0.1, 0.15) is 400 Å². The van der Waals surface area contributed by atoms with E-state index < -0.39 is 162 Å². The SMILES string of the molecule is CCCCCC/C=C\CCCCCCCCCC(=O)OCC1OC(OC2C(OC(=O)CCCCCCCCCCCCCCC)C(O)C(O)C(OC3OC(CO)C(O)C(O)C3O)C2OP(=O)(O)OCC(COC(=O)CCCCCCCCCCCCCCCCC)OC(=O)CCCCCCCCCCCCCCC)C(O)C(O)C1O. The Morgan fingerprint density at radius 2 is 0.652 bits per heavy atom. The van der Waals surface area contributed by atoms with Gasteiger partial charge in [-0.3, -0.25) is 28.2 Å². The molecule has 0 spiro atoms. The van der Waals surface area contributed by atoms with Gasteiger partial charge in [0.15, 0.2) is 24.8 Å². The van der Waals surface area contributed by atoms with E-state index in [1.807, 2.05) is 0 Å². The molecule has 25 nitrogen and oxygen atoms in total. The number of phosphoric ester groups is 1. The molecule has 26 heteroatoms. The van der Waals surface area contributed by atoms with Gasteiger partial charge < -0.3 is 88.7 Å². The summed E-state index contributed by atoms with van der Waals surface area (Å²) < 4.78 is 73.4. The number of aliphatic hydroxyl groups excluding tert-OH is 9. The predicted molar refractivity (Wildman–Crippen MR) is 444 cm³/mol. The van der Waals surface area contributed by atoms with Gasteiger partial charge in [0.25, 0.3) is 0 Å². The van der Waals surface area contributed by atoms with Crippen molar-refractivity contribution in [1.82, 2.24) is 0 Å². The smallest absolute Gasteiger partial charge is 0.463 e. The molecule has 1 saturated carbocycles. The summed E-state index contributed by atoms with van der Waals surface area (Å²) in [6, 6.07) is 0. The van der Waals surface area contributed by atoms with Crippen LogP contribution in [-0.2, 0) is 70.7 Å². The summed E-state index contributed by atoms with van der Waals surface area (Å²) in [5.74, 6) is -2.95. The number of carbonyl (C=O) groups is 4. The highest BCUT2D eigenvalue weighted by molar-refractivity contribution is 7.47. The molecule has 3 fully saturated rings. The van der Waals surface area contributed by atoms with Gasteiger partial charge in [-0.25, -0.2) is 4.57 Å². The van der Waals surface area contributed by atoms with Gasteiger partial charge in [0, 0.05) is 25.7 Å². The molecule has 2 saturated heterocycles. The second kappa shape index (κ2) is 68.7. The van der Waals surface area contributed by atoms with E-state index in [2.05, 4.69) is 39.8 Å². The standard InChI is InChI=1S/C89H165O25P/c1-5-9-13-17-21-25-29-33-35-39-41-45-49-53-57-61-72(91)105-66-69(108-74(93)63-59-55-51-47-43-37-31-27-23-19-15-11-7-3)67-107-115(103,104)114-87-85(112-88-82(101)78(97)76(95)70(65-90)109-88)81(100)80(99)84(111-75(94)64-60-56-52-48-44-38-32-28-24-20-16-12-8-4)86(87)113-89-83(102)79(98)77(96)71(110-89)68-106-73(92)62-58-54-50-46-42-40-36-34-30-26-22-18-14-10-6-2/h26,30,69-71,76-90,95-102H,5-25,27-29,31-68H2,1-4H3,(H,103,104)/b30-26-. The lowest BCUT2D eigenvalue weighted by atomic mass is 9.84. The lowest BCUT2D eigenvalue weighted by molar-refractivity contribution is -0.360. The van der Waals surface area contributed by atoms with Gasteiger partial charge >= 0.3 is 31.7 Å². The second-order valence-corrected chi connectivity index (χ2v) is 34.6. The van der Waals surface area contributed by atoms with Crippen molar-refractivity contribution >= 4 is 31.7 Å². The number of unbranched alkanes of at least 4 members (excludes halogenated alkanes) is 49. The van der Waals surface area contributed by atoms with Crippen molar-refractivity contribution in [2.75, 3.05) is 26.4 Å². The van der Waals surface area contributed by atoms with E-state index in [0.29, 0.717) is 32.1 Å². The average Bonchev–Trinajstić information content (AvgIpc) is 0.756. The number of allylic oxidation sites excluding steroid dienone is 2. The molecule has 1 aliphatic carbocycles. The van der Waals surface area contributed by atoms with E-state index in [1.54, 1.807) is 0 Å². The van der Waals surface area contributed by atoms with Crippen molar-refractivity contribution in [2.45, 2.75) is 504 Å². The molecule has 18 atom stereocenters. The monoisotopic (exact) mass is 1670 g/mol. The molecule has 3 aliphatic rings. The van der Waals surface area contributed by atoms with Crippen LogP contribution < -0.4 is 0 Å². The second-order valence-electron chi connectivity index (χ2n) is 33.2. The number of hydrogen-bond acceptors (Lipinski definition) is 24. The molecule has 115 heavy (non-hydrogen) atoms. The van der Waals surface area contributed by atoms with Gasteiger partial charge in [0.2, 0.25) is 0 Å². The molecule has 676 valence electrons. The minimum atomic E-state index is -5.80. The highest BCUT2D eigenvalue weighted by atomic mass is 31.2. The first kappa shape index (κ1) is 106. The fraction of sp³-hybridized carbons (Fsp3) is 0.933. The van der Waals surface area contributed by atoms with Crippen LogP contribution in [0, 0.1) is 0 Å². The first-order chi connectivity index (χ1) is 55.7. The molecule has 10 N–H and O–H groups in total. The molecule has 18 unspecified atom stereocenters. The van der Waals surface area contributed by atoms with Crippen molar-refractivity contribution < 1.29 is 122 Å². The Kier molecular flexibility index (Phi) is 63.6. The van der Waals surface area contributed by atoms with Crippen LogP contribution >= 0.6 is 7.82 Å². The number of ether oxygens (including phenoxy) is 8. The zero-order valence-corrected chi connectivity index (χ0v) is 72.7. The van der Waals surface area contributed by atoms with Crippen molar-refractivity contribution in [2.24, 2.45) is 0 Å². The quantitative estimate of drug-likeness (QED) is 0.00889. The van der Waals surface area contributed by atoms with Crippen LogP contribution in [0.15, 0.2) is 12.2 Å². The van der Waals surface area contributed by atoms with Crippen LogP contribution in [0.5, 0.6) is 0 Å². The average molecular weight is 1670 g/mol. The molecule has 0 radical (unpaired) electrons. The van der Waals surface area contributed by atoms with E-state index in [-0.39, 0.29) is 25.7 Å². The van der Waals surface area contributed by atoms with E-state index in [4.69, 9.17) is 46.9 Å². The van der Waals surface area contributed by atoms with Crippen LogP contribution in [-0.4, -0.2) is 205 Å². The minimum absolute atomic E-state index is 0.0111. The molecule has 0 aromatic heterocycles. The summed E-state index contributed by atoms with van der Waals surface area (Å²) in [5, 5.41) is 102. The number of esters is 4. The Labute approximate surface area is 692 Å². The van der Waals surface area contributed by atoms with E-state index in [1.165, 1.54) is 167 Å². The third-order valence-corrected chi connectivity index (χ3v) is 23.8. The number of aliphatic hydroxyl groups is 9. The predicted octanol–water partition coefficient (Wildman–Crippen LogP) is 16.8. The molecule has 0 aromatic rings. The summed E-state index contributed by atoms with van der Waals surface area (Å²) >= 11 is 0. The van der Waals surface area contributed by atoms with Crippen molar-refractivity contribution in [1.29, 1.82) is 0 Å². The van der Waals surface area contributed by atoms with Crippen LogP contribution in [0.25, 0.3) is 0 Å². The molecule has 2 aliphatic heterocycles. The highest BCUT2D eigenvalue weighted by Gasteiger charge is 2.60. The maximum absolute atomic E-state index is 14.9. The molecule has 3 rings (SSSR count). The van der Waals surface area contributed by atoms with Gasteiger partial charge in [-0.1, -0.05) is 335 Å². The minimum Gasteiger partial charge on any atom is -0.463 e. The zero-order chi connectivity index (χ0) is 84.0. The maximum atomic E-state index is 14.9. The third-order valence-electron chi connectivity index (χ3n) is 22.8. The van der Waals surface area contributed by atoms with Crippen LogP contribution in [0.4, 0.5) is 0 Å². The van der Waals surface area contributed by atoms with E-state index in [9.17, 15) is 74.6 Å². The first-order valence-corrected chi connectivity index (χ1v) is 47.9. The van der Waals surface area contributed by atoms with Crippen LogP contribution in [0.3, 0.4) is 0 Å². The number of rotatable bonds is 75. The van der Waals surface area contributed by atoms with E-state index >= 15 is 0 Å². The molecule has 2 heterocycles. The Balaban J connectivity index is 1.91. The topological polar surface area (TPSA) is 380 Å². The lowest BCUT2D eigenvalue weighted by Gasteiger charge is -2.50. The fourth-order valence-corrected chi connectivity index (χ4v) is 16.3. The van der Waals surface area contributed by atoms with Crippen LogP contribution in [0.2, 0.25) is 0 Å². The Morgan fingerprint density at radius 1 is 0.339 bits per heavy atom. The van der Waals surface area contributed by atoms with Gasteiger partial charge in [-0.2, -0.15) is 0 Å². The Hall–Kier alpha value is -2.79. The number of hydrogen-bond donors (Lipinski definition) is 10. The fourth-order valence-electron chi connectivity index (χ4n) is 15.4. The van der Waals surface area contributed by atoms with Crippen molar-refractivity contribution in [3.63, 3.8) is 0 Å². The summed E-state index contributed by atoms with van der Waals surface area (Å²) in [5.41, 5.74) is 0. The maximum Gasteiger partial charge on any atom is 0.472 e. The molecule has 0 aromatic carbocycles. The molecular formula is C89H165O25P. The lowest BCUT2D eigenvalue weighted by Crippen LogP contribution is -2.70. The Morgan fingerprint density at radius 3 is 1.04 bits per heavy atom. The summed E-state index contributed by atoms with van der Waals surface area (Å²) in [6.45, 7) is 5.59. The summed E-state index contributed by atoms with van der Waals surface area (Å²) in [6.07, 6.45) is 26.4. The summed E-state index contributed by atoms with van der Waals surface area (Å²) in [4.78, 5) is 66.4. The number of carbonyl (C=O) groups excluding carboxylic acids is 4. The Bertz CT molecular complexity index is 2440. The highest BCUT2D eigenvalue weighted by Crippen LogP contribution is 2.49. The van der Waals surface area contributed by atoms with Crippen molar-refractivity contribution in [3.05, 3.63) is 12.2 Å². The normalized spacial score (nSPS) is 25.3. The third kappa shape index (κ3) is 49.2. The van der Waals surface area contributed by atoms with Crippen molar-refractivity contribution in [3.8, 4) is 0 Å². The van der Waals surface area contributed by atoms with Gasteiger partial charge in [0.1, 0.15) is 92.6 Å².